The molecule has 1 aromatic carbocycles. The predicted molar refractivity (Wildman–Crippen MR) is 95.1 cm³/mol. The van der Waals surface area contributed by atoms with Gasteiger partial charge in [-0.05, 0) is 57.2 Å². The summed E-state index contributed by atoms with van der Waals surface area (Å²) < 4.78 is 29.7. The number of thiophene rings is 1. The van der Waals surface area contributed by atoms with E-state index >= 15 is 0 Å². The molecule has 0 bridgehead atoms. The summed E-state index contributed by atoms with van der Waals surface area (Å²) in [4.78, 5) is 0. The number of aliphatic hydroxyl groups is 1. The molecule has 1 unspecified atom stereocenters. The largest absolute Gasteiger partial charge is 0.387 e. The highest BCUT2D eigenvalue weighted by molar-refractivity contribution is 9.11. The van der Waals surface area contributed by atoms with Crippen LogP contribution in [0.15, 0.2) is 50.6 Å². The van der Waals surface area contributed by atoms with Gasteiger partial charge < -0.3 is 9.67 Å². The van der Waals surface area contributed by atoms with Crippen LogP contribution in [0.25, 0.3) is 10.9 Å². The number of halogens is 1. The van der Waals surface area contributed by atoms with Gasteiger partial charge in [0.05, 0.1) is 9.89 Å². The first kappa shape index (κ1) is 16.7. The summed E-state index contributed by atoms with van der Waals surface area (Å²) in [7, 11) is -1.66. The molecule has 0 aliphatic rings. The van der Waals surface area contributed by atoms with Crippen LogP contribution in [0, 0.1) is 0 Å². The molecule has 0 aliphatic carbocycles. The van der Waals surface area contributed by atoms with Gasteiger partial charge in [-0.1, -0.05) is 6.07 Å². The molecule has 2 aromatic heterocycles. The Bertz CT molecular complexity index is 947. The first-order chi connectivity index (χ1) is 10.9. The van der Waals surface area contributed by atoms with Crippen LogP contribution in [0.1, 0.15) is 11.7 Å². The van der Waals surface area contributed by atoms with Gasteiger partial charge in [0, 0.05) is 25.3 Å². The van der Waals surface area contributed by atoms with E-state index in [2.05, 4.69) is 20.7 Å². The quantitative estimate of drug-likeness (QED) is 0.673. The average molecular weight is 415 g/mol. The molecular formula is C15H15BrN2O3S2. The smallest absolute Gasteiger partial charge is 0.250 e. The first-order valence-corrected chi connectivity index (χ1v) is 9.94. The molecule has 0 saturated heterocycles. The highest BCUT2D eigenvalue weighted by atomic mass is 79.9. The number of rotatable bonds is 5. The molecule has 3 rings (SSSR count). The lowest BCUT2D eigenvalue weighted by Gasteiger charge is -2.12. The van der Waals surface area contributed by atoms with E-state index in [0.29, 0.717) is 5.56 Å². The van der Waals surface area contributed by atoms with E-state index < -0.39 is 16.1 Å². The monoisotopic (exact) mass is 414 g/mol. The van der Waals surface area contributed by atoms with E-state index in [1.54, 1.807) is 6.07 Å². The number of hydrogen-bond donors (Lipinski definition) is 2. The third-order valence-electron chi connectivity index (χ3n) is 3.57. The summed E-state index contributed by atoms with van der Waals surface area (Å²) in [5.41, 5.74) is 1.74. The number of fused-ring (bicyclic) bond motifs is 1. The number of aromatic nitrogens is 1. The summed E-state index contributed by atoms with van der Waals surface area (Å²) in [5, 5.41) is 11.3. The van der Waals surface area contributed by atoms with E-state index in [4.69, 9.17) is 0 Å². The Labute approximate surface area is 146 Å². The standard InChI is InChI=1S/C15H15BrN2O3S2/c1-18-7-6-10-8-11(2-3-12(10)18)13(19)9-17-23(20,21)15-5-4-14(16)22-15/h2-8,13,17,19H,9H2,1H3. The molecule has 2 N–H and O–H groups in total. The van der Waals surface area contributed by atoms with Gasteiger partial charge >= 0.3 is 0 Å². The van der Waals surface area contributed by atoms with Gasteiger partial charge in [-0.2, -0.15) is 0 Å². The fourth-order valence-electron chi connectivity index (χ4n) is 2.33. The van der Waals surface area contributed by atoms with Crippen molar-refractivity contribution in [2.75, 3.05) is 6.54 Å². The molecule has 0 saturated carbocycles. The van der Waals surface area contributed by atoms with Crippen LogP contribution < -0.4 is 4.72 Å². The second-order valence-corrected chi connectivity index (χ2v) is 9.63. The molecule has 23 heavy (non-hydrogen) atoms. The minimum absolute atomic E-state index is 0.0732. The van der Waals surface area contributed by atoms with Gasteiger partial charge in [0.1, 0.15) is 4.21 Å². The van der Waals surface area contributed by atoms with Crippen molar-refractivity contribution in [1.29, 1.82) is 0 Å². The lowest BCUT2D eigenvalue weighted by molar-refractivity contribution is 0.182. The molecule has 1 atom stereocenters. The van der Waals surface area contributed by atoms with Crippen LogP contribution in [0.3, 0.4) is 0 Å². The van der Waals surface area contributed by atoms with Crippen LogP contribution in [-0.4, -0.2) is 24.6 Å². The van der Waals surface area contributed by atoms with Gasteiger partial charge in [-0.3, -0.25) is 0 Å². The summed E-state index contributed by atoms with van der Waals surface area (Å²) in [6.45, 7) is -0.0732. The van der Waals surface area contributed by atoms with Crippen molar-refractivity contribution in [3.05, 3.63) is 51.9 Å². The molecule has 0 aliphatic heterocycles. The minimum Gasteiger partial charge on any atom is -0.387 e. The van der Waals surface area contributed by atoms with Crippen LogP contribution in [-0.2, 0) is 17.1 Å². The number of aliphatic hydroxyl groups excluding tert-OH is 1. The maximum Gasteiger partial charge on any atom is 0.250 e. The zero-order valence-corrected chi connectivity index (χ0v) is 15.5. The minimum atomic E-state index is -3.61. The van der Waals surface area contributed by atoms with Crippen molar-refractivity contribution in [3.63, 3.8) is 0 Å². The Balaban J connectivity index is 1.74. The third-order valence-corrected chi connectivity index (χ3v) is 7.11. The molecular weight excluding hydrogens is 400 g/mol. The van der Waals surface area contributed by atoms with E-state index in [1.165, 1.54) is 6.07 Å². The molecule has 0 spiro atoms. The van der Waals surface area contributed by atoms with Crippen molar-refractivity contribution in [3.8, 4) is 0 Å². The second kappa shape index (κ2) is 6.37. The van der Waals surface area contributed by atoms with Crippen molar-refractivity contribution in [1.82, 2.24) is 9.29 Å². The topological polar surface area (TPSA) is 71.3 Å². The summed E-state index contributed by atoms with van der Waals surface area (Å²) >= 11 is 4.37. The normalized spacial score (nSPS) is 13.5. The van der Waals surface area contributed by atoms with Gasteiger partial charge in [0.15, 0.2) is 0 Å². The molecule has 0 radical (unpaired) electrons. The summed E-state index contributed by atoms with van der Waals surface area (Å²) in [5.74, 6) is 0. The van der Waals surface area contributed by atoms with Crippen LogP contribution in [0.5, 0.6) is 0 Å². The SMILES string of the molecule is Cn1ccc2cc(C(O)CNS(=O)(=O)c3ccc(Br)s3)ccc21. The maximum atomic E-state index is 12.2. The zero-order valence-electron chi connectivity index (χ0n) is 12.2. The van der Waals surface area contributed by atoms with Gasteiger partial charge in [0.25, 0.3) is 0 Å². The summed E-state index contributed by atoms with van der Waals surface area (Å²) in [6, 6.07) is 10.8. The molecule has 8 heteroatoms. The number of nitrogens with one attached hydrogen (secondary N) is 1. The number of nitrogens with zero attached hydrogens (tertiary/aromatic N) is 1. The lowest BCUT2D eigenvalue weighted by Crippen LogP contribution is -2.28. The molecule has 2 heterocycles. The van der Waals surface area contributed by atoms with Gasteiger partial charge in [0.2, 0.25) is 10.0 Å². The Morgan fingerprint density at radius 2 is 2.09 bits per heavy atom. The van der Waals surface area contributed by atoms with Crippen molar-refractivity contribution in [2.45, 2.75) is 10.3 Å². The highest BCUT2D eigenvalue weighted by Gasteiger charge is 2.18. The van der Waals surface area contributed by atoms with E-state index in [0.717, 1.165) is 26.0 Å². The number of sulfonamides is 1. The molecule has 5 nitrogen and oxygen atoms in total. The van der Waals surface area contributed by atoms with E-state index in [1.807, 2.05) is 42.1 Å². The molecule has 3 aromatic rings. The Hall–Kier alpha value is -1.19. The Morgan fingerprint density at radius 1 is 1.30 bits per heavy atom. The Morgan fingerprint density at radius 3 is 2.78 bits per heavy atom. The third kappa shape index (κ3) is 3.51. The molecule has 122 valence electrons. The van der Waals surface area contributed by atoms with E-state index in [9.17, 15) is 13.5 Å². The van der Waals surface area contributed by atoms with Gasteiger partial charge in [-0.15, -0.1) is 11.3 Å². The number of hydrogen-bond acceptors (Lipinski definition) is 4. The van der Waals surface area contributed by atoms with Crippen molar-refractivity contribution < 1.29 is 13.5 Å². The molecule has 0 amide bonds. The van der Waals surface area contributed by atoms with Crippen LogP contribution >= 0.6 is 27.3 Å². The van der Waals surface area contributed by atoms with Crippen molar-refractivity contribution in [2.24, 2.45) is 7.05 Å². The van der Waals surface area contributed by atoms with Crippen LogP contribution in [0.4, 0.5) is 0 Å². The van der Waals surface area contributed by atoms with Crippen LogP contribution in [0.2, 0.25) is 0 Å². The number of aryl methyl sites for hydroxylation is 1. The second-order valence-electron chi connectivity index (χ2n) is 5.17. The summed E-state index contributed by atoms with van der Waals surface area (Å²) in [6.07, 6.45) is 1.04. The fraction of sp³-hybridized carbons (Fsp3) is 0.200. The lowest BCUT2D eigenvalue weighted by atomic mass is 10.1. The predicted octanol–water partition coefficient (Wildman–Crippen LogP) is 3.01. The van der Waals surface area contributed by atoms with Gasteiger partial charge in [-0.25, -0.2) is 13.1 Å². The highest BCUT2D eigenvalue weighted by Crippen LogP contribution is 2.26. The maximum absolute atomic E-state index is 12.2. The van der Waals surface area contributed by atoms with Crippen molar-refractivity contribution >= 4 is 48.2 Å². The Kier molecular flexibility index (Phi) is 4.61. The fourth-order valence-corrected chi connectivity index (χ4v) is 5.42. The zero-order chi connectivity index (χ0) is 16.6. The van der Waals surface area contributed by atoms with E-state index in [-0.39, 0.29) is 10.8 Å². The molecule has 0 fully saturated rings. The average Bonchev–Trinajstić information content (AvgIpc) is 3.12. The number of benzene rings is 1. The first-order valence-electron chi connectivity index (χ1n) is 6.85.